The maximum absolute atomic E-state index is 11.1. The predicted octanol–water partition coefficient (Wildman–Crippen LogP) is 1.79. The fraction of sp³-hybridized carbons (Fsp3) is 0.600. The summed E-state index contributed by atoms with van der Waals surface area (Å²) in [4.78, 5) is 1.96. The Bertz CT molecular complexity index is 509. The second-order valence-corrected chi connectivity index (χ2v) is 8.08. The maximum atomic E-state index is 11.1. The third-order valence-corrected chi connectivity index (χ3v) is 4.31. The smallest absolute Gasteiger partial charge is 0.148 e. The molecule has 1 atom stereocenters. The molecule has 2 N–H and O–H groups in total. The molecule has 1 aromatic rings. The van der Waals surface area contributed by atoms with Crippen molar-refractivity contribution in [3.8, 4) is 0 Å². The molecular weight excluding hydrogens is 272 g/mol. The molecule has 0 bridgehead atoms. The van der Waals surface area contributed by atoms with Gasteiger partial charge in [0.15, 0.2) is 0 Å². The summed E-state index contributed by atoms with van der Waals surface area (Å²) in [7, 11) is -1.02. The van der Waals surface area contributed by atoms with Crippen molar-refractivity contribution in [2.75, 3.05) is 32.1 Å². The number of sulfone groups is 1. The van der Waals surface area contributed by atoms with E-state index in [4.69, 9.17) is 5.73 Å². The Labute approximate surface area is 122 Å². The van der Waals surface area contributed by atoms with Gasteiger partial charge in [-0.3, -0.25) is 0 Å². The van der Waals surface area contributed by atoms with Gasteiger partial charge in [-0.25, -0.2) is 8.42 Å². The molecule has 20 heavy (non-hydrogen) atoms. The molecule has 0 amide bonds. The summed E-state index contributed by atoms with van der Waals surface area (Å²) in [6.45, 7) is 5.48. The molecule has 0 radical (unpaired) electrons. The van der Waals surface area contributed by atoms with Gasteiger partial charge in [-0.2, -0.15) is 0 Å². The van der Waals surface area contributed by atoms with Crippen LogP contribution in [0.15, 0.2) is 24.3 Å². The number of hydrogen-bond donors (Lipinski definition) is 1. The second-order valence-electron chi connectivity index (χ2n) is 5.82. The minimum Gasteiger partial charge on any atom is -0.323 e. The summed E-state index contributed by atoms with van der Waals surface area (Å²) >= 11 is 0. The Kier molecular flexibility index (Phi) is 6.17. The molecule has 4 nitrogen and oxygen atoms in total. The fourth-order valence-corrected chi connectivity index (χ4v) is 2.63. The van der Waals surface area contributed by atoms with Crippen LogP contribution in [0.5, 0.6) is 0 Å². The molecule has 5 heteroatoms. The van der Waals surface area contributed by atoms with Crippen LogP contribution < -0.4 is 5.73 Å². The van der Waals surface area contributed by atoms with Crippen LogP contribution in [0.4, 0.5) is 0 Å². The van der Waals surface area contributed by atoms with E-state index in [1.54, 1.807) is 0 Å². The summed E-state index contributed by atoms with van der Waals surface area (Å²) in [6, 6.07) is 8.24. The standard InChI is InChI=1S/C15H26N2O2S/c1-12(2)13-5-7-14(8-6-13)15(16)11-17(3)9-10-20(4,18)19/h5-8,12,15H,9-11,16H2,1-4H3. The molecular formula is C15H26N2O2S. The molecule has 0 fully saturated rings. The molecule has 0 aliphatic rings. The van der Waals surface area contributed by atoms with Gasteiger partial charge in [-0.05, 0) is 24.1 Å². The molecule has 0 saturated heterocycles. The van der Waals surface area contributed by atoms with Crippen LogP contribution in [0.25, 0.3) is 0 Å². The van der Waals surface area contributed by atoms with Crippen molar-refractivity contribution in [3.05, 3.63) is 35.4 Å². The molecule has 114 valence electrons. The Morgan fingerprint density at radius 2 is 1.65 bits per heavy atom. The van der Waals surface area contributed by atoms with E-state index in [1.807, 2.05) is 11.9 Å². The zero-order valence-corrected chi connectivity index (χ0v) is 13.7. The molecule has 0 aliphatic heterocycles. The van der Waals surface area contributed by atoms with E-state index in [-0.39, 0.29) is 11.8 Å². The monoisotopic (exact) mass is 298 g/mol. The lowest BCUT2D eigenvalue weighted by molar-refractivity contribution is 0.329. The van der Waals surface area contributed by atoms with Crippen LogP contribution in [-0.2, 0) is 9.84 Å². The predicted molar refractivity (Wildman–Crippen MR) is 84.7 cm³/mol. The summed E-state index contributed by atoms with van der Waals surface area (Å²) in [5.74, 6) is 0.681. The zero-order valence-electron chi connectivity index (χ0n) is 12.8. The van der Waals surface area contributed by atoms with Gasteiger partial charge >= 0.3 is 0 Å². The van der Waals surface area contributed by atoms with Crippen molar-refractivity contribution >= 4 is 9.84 Å². The average molecular weight is 298 g/mol. The van der Waals surface area contributed by atoms with E-state index >= 15 is 0 Å². The van der Waals surface area contributed by atoms with E-state index in [0.717, 1.165) is 5.56 Å². The minimum absolute atomic E-state index is 0.0965. The molecule has 1 rings (SSSR count). The van der Waals surface area contributed by atoms with Crippen molar-refractivity contribution in [1.29, 1.82) is 0 Å². The van der Waals surface area contributed by atoms with Crippen molar-refractivity contribution in [1.82, 2.24) is 4.90 Å². The van der Waals surface area contributed by atoms with Gasteiger partial charge in [-0.15, -0.1) is 0 Å². The largest absolute Gasteiger partial charge is 0.323 e. The number of likely N-dealkylation sites (N-methyl/N-ethyl adjacent to an activating group) is 1. The fourth-order valence-electron chi connectivity index (χ4n) is 1.98. The first-order valence-corrected chi connectivity index (χ1v) is 8.97. The van der Waals surface area contributed by atoms with Crippen LogP contribution in [0.3, 0.4) is 0 Å². The first-order valence-electron chi connectivity index (χ1n) is 6.90. The molecule has 0 saturated carbocycles. The van der Waals surface area contributed by atoms with Crippen molar-refractivity contribution in [3.63, 3.8) is 0 Å². The normalized spacial score (nSPS) is 13.9. The number of nitrogens with two attached hydrogens (primary N) is 1. The van der Waals surface area contributed by atoms with Gasteiger partial charge in [0.1, 0.15) is 9.84 Å². The van der Waals surface area contributed by atoms with E-state index in [0.29, 0.717) is 19.0 Å². The average Bonchev–Trinajstić information content (AvgIpc) is 2.35. The van der Waals surface area contributed by atoms with Crippen molar-refractivity contribution in [2.24, 2.45) is 5.73 Å². The van der Waals surface area contributed by atoms with E-state index < -0.39 is 9.84 Å². The summed E-state index contributed by atoms with van der Waals surface area (Å²) in [5.41, 5.74) is 8.55. The number of nitrogens with zero attached hydrogens (tertiary/aromatic N) is 1. The quantitative estimate of drug-likeness (QED) is 0.833. The lowest BCUT2D eigenvalue weighted by atomic mass is 9.99. The molecule has 1 aromatic carbocycles. The van der Waals surface area contributed by atoms with Crippen molar-refractivity contribution < 1.29 is 8.42 Å². The van der Waals surface area contributed by atoms with Gasteiger partial charge in [0, 0.05) is 25.4 Å². The van der Waals surface area contributed by atoms with Crippen molar-refractivity contribution in [2.45, 2.75) is 25.8 Å². The van der Waals surface area contributed by atoms with Crippen LogP contribution in [0, 0.1) is 0 Å². The highest BCUT2D eigenvalue weighted by atomic mass is 32.2. The van der Waals surface area contributed by atoms with Crippen LogP contribution in [0.2, 0.25) is 0 Å². The Balaban J connectivity index is 2.55. The lowest BCUT2D eigenvalue weighted by Crippen LogP contribution is -2.32. The highest BCUT2D eigenvalue weighted by Crippen LogP contribution is 2.18. The minimum atomic E-state index is -2.92. The first-order chi connectivity index (χ1) is 9.19. The van der Waals surface area contributed by atoms with Crippen LogP contribution >= 0.6 is 0 Å². The molecule has 0 aromatic heterocycles. The number of hydrogen-bond acceptors (Lipinski definition) is 4. The second kappa shape index (κ2) is 7.20. The Hall–Kier alpha value is -0.910. The molecule has 1 unspecified atom stereocenters. The third-order valence-electron chi connectivity index (χ3n) is 3.38. The maximum Gasteiger partial charge on any atom is 0.148 e. The summed E-state index contributed by atoms with van der Waals surface area (Å²) < 4.78 is 22.3. The molecule has 0 aliphatic carbocycles. The van der Waals surface area contributed by atoms with Gasteiger partial charge in [0.25, 0.3) is 0 Å². The topological polar surface area (TPSA) is 63.4 Å². The van der Waals surface area contributed by atoms with Crippen LogP contribution in [-0.4, -0.2) is 45.5 Å². The lowest BCUT2D eigenvalue weighted by Gasteiger charge is -2.21. The molecule has 0 spiro atoms. The zero-order chi connectivity index (χ0) is 15.3. The Morgan fingerprint density at radius 3 is 2.10 bits per heavy atom. The van der Waals surface area contributed by atoms with Gasteiger partial charge in [-0.1, -0.05) is 38.1 Å². The Morgan fingerprint density at radius 1 is 1.15 bits per heavy atom. The molecule has 0 heterocycles. The summed E-state index contributed by atoms with van der Waals surface area (Å²) in [6.07, 6.45) is 1.26. The highest BCUT2D eigenvalue weighted by molar-refractivity contribution is 7.90. The van der Waals surface area contributed by atoms with E-state index in [9.17, 15) is 8.42 Å². The number of rotatable bonds is 7. The van der Waals surface area contributed by atoms with Gasteiger partial charge < -0.3 is 10.6 Å². The van der Waals surface area contributed by atoms with Gasteiger partial charge in [0.05, 0.1) is 5.75 Å². The first kappa shape index (κ1) is 17.1. The van der Waals surface area contributed by atoms with Crippen LogP contribution in [0.1, 0.15) is 36.9 Å². The van der Waals surface area contributed by atoms with Gasteiger partial charge in [0.2, 0.25) is 0 Å². The highest BCUT2D eigenvalue weighted by Gasteiger charge is 2.11. The third kappa shape index (κ3) is 6.03. The van der Waals surface area contributed by atoms with E-state index in [1.165, 1.54) is 11.8 Å². The SMILES string of the molecule is CC(C)c1ccc(C(N)CN(C)CCS(C)(=O)=O)cc1. The summed E-state index contributed by atoms with van der Waals surface area (Å²) in [5, 5.41) is 0. The van der Waals surface area contributed by atoms with E-state index in [2.05, 4.69) is 38.1 Å². The number of benzene rings is 1.